The normalized spacial score (nSPS) is 29.0. The molecule has 0 aromatic carbocycles. The van der Waals surface area contributed by atoms with Gasteiger partial charge in [-0.25, -0.2) is 0 Å². The summed E-state index contributed by atoms with van der Waals surface area (Å²) in [6, 6.07) is 0.516. The number of rotatable bonds is 4. The van der Waals surface area contributed by atoms with Gasteiger partial charge >= 0.3 is 70.3 Å². The van der Waals surface area contributed by atoms with Crippen LogP contribution in [-0.4, -0.2) is 33.0 Å². The third-order valence-corrected chi connectivity index (χ3v) is 4.62. The first kappa shape index (κ1) is 10.0. The van der Waals surface area contributed by atoms with Gasteiger partial charge in [-0.2, -0.15) is 0 Å². The summed E-state index contributed by atoms with van der Waals surface area (Å²) in [6.45, 7) is 2.75. The quantitative estimate of drug-likeness (QED) is 0.498. The molecular formula is C6H13O5P. The Morgan fingerprint density at radius 1 is 1.50 bits per heavy atom. The Hall–Kier alpha value is -0.0600. The maximum atomic E-state index is 10.8. The van der Waals surface area contributed by atoms with Crippen molar-refractivity contribution in [2.75, 3.05) is 26.9 Å². The van der Waals surface area contributed by atoms with Crippen LogP contribution in [0.2, 0.25) is 0 Å². The van der Waals surface area contributed by atoms with Gasteiger partial charge in [-0.3, -0.25) is 0 Å². The van der Waals surface area contributed by atoms with Crippen molar-refractivity contribution >= 4 is 13.5 Å². The molecule has 0 unspecified atom stereocenters. The first-order valence-corrected chi connectivity index (χ1v) is 5.68. The first-order valence-electron chi connectivity index (χ1n) is 3.71. The van der Waals surface area contributed by atoms with Crippen molar-refractivity contribution < 1.29 is 22.9 Å². The predicted octanol–water partition coefficient (Wildman–Crippen LogP) is 1.12. The van der Waals surface area contributed by atoms with Crippen LogP contribution in [0.5, 0.6) is 0 Å². The molecule has 1 aliphatic rings. The van der Waals surface area contributed by atoms with E-state index in [1.165, 1.54) is 7.11 Å². The van der Waals surface area contributed by atoms with Crippen LogP contribution in [0.4, 0.5) is 0 Å². The molecule has 72 valence electrons. The molecule has 0 radical (unpaired) electrons. The summed E-state index contributed by atoms with van der Waals surface area (Å²) in [5.74, 6) is 0. The van der Waals surface area contributed by atoms with Crippen LogP contribution in [0, 0.1) is 0 Å². The fourth-order valence-corrected chi connectivity index (χ4v) is 3.12. The van der Waals surface area contributed by atoms with Crippen molar-refractivity contribution in [3.63, 3.8) is 0 Å². The van der Waals surface area contributed by atoms with Gasteiger partial charge in [0.2, 0.25) is 0 Å². The predicted molar refractivity (Wildman–Crippen MR) is 44.2 cm³/mol. The van der Waals surface area contributed by atoms with Crippen molar-refractivity contribution in [1.82, 2.24) is 0 Å². The first-order chi connectivity index (χ1) is 5.70. The zero-order chi connectivity index (χ0) is 9.10. The standard InChI is InChI=1S/C6H13O5P/c1-3-9-12(6-7,8-2)10-4-5-11-12/h6H,3-5H2,1-2H3. The average molecular weight is 196 g/mol. The summed E-state index contributed by atoms with van der Waals surface area (Å²) in [5, 5.41) is 0. The van der Waals surface area contributed by atoms with E-state index in [0.717, 1.165) is 0 Å². The number of hydrogen-bond donors (Lipinski definition) is 0. The van der Waals surface area contributed by atoms with E-state index in [9.17, 15) is 4.79 Å². The number of hydrogen-bond acceptors (Lipinski definition) is 5. The van der Waals surface area contributed by atoms with Crippen molar-refractivity contribution in [2.24, 2.45) is 0 Å². The second kappa shape index (κ2) is 3.36. The van der Waals surface area contributed by atoms with Gasteiger partial charge in [-0.05, 0) is 0 Å². The van der Waals surface area contributed by atoms with Gasteiger partial charge in [0.15, 0.2) is 0 Å². The van der Waals surface area contributed by atoms with Crippen molar-refractivity contribution in [3.05, 3.63) is 0 Å². The summed E-state index contributed by atoms with van der Waals surface area (Å²) in [6.07, 6.45) is 0. The molecule has 1 aliphatic heterocycles. The molecule has 5 nitrogen and oxygen atoms in total. The molecule has 0 N–H and O–H groups in total. The monoisotopic (exact) mass is 196 g/mol. The fraction of sp³-hybridized carbons (Fsp3) is 0.833. The van der Waals surface area contributed by atoms with Crippen molar-refractivity contribution in [1.29, 1.82) is 0 Å². The van der Waals surface area contributed by atoms with E-state index in [1.807, 2.05) is 0 Å². The summed E-state index contributed by atoms with van der Waals surface area (Å²) < 4.78 is 20.5. The Kier molecular flexibility index (Phi) is 2.81. The molecule has 1 heterocycles. The molecule has 0 saturated carbocycles. The van der Waals surface area contributed by atoms with E-state index in [-0.39, 0.29) is 0 Å². The summed E-state index contributed by atoms with van der Waals surface area (Å²) >= 11 is 0. The zero-order valence-electron chi connectivity index (χ0n) is 7.19. The number of carbonyl (C=O) groups is 1. The van der Waals surface area contributed by atoms with Crippen LogP contribution in [0.3, 0.4) is 0 Å². The Bertz CT molecular complexity index is 177. The van der Waals surface area contributed by atoms with E-state index in [2.05, 4.69) is 0 Å². The Morgan fingerprint density at radius 3 is 2.42 bits per heavy atom. The molecule has 0 aromatic rings. The molecule has 12 heavy (non-hydrogen) atoms. The van der Waals surface area contributed by atoms with Gasteiger partial charge in [-0.15, -0.1) is 0 Å². The Balaban J connectivity index is 2.87. The van der Waals surface area contributed by atoms with Crippen LogP contribution in [-0.2, 0) is 22.9 Å². The van der Waals surface area contributed by atoms with E-state index >= 15 is 0 Å². The third-order valence-electron chi connectivity index (χ3n) is 1.59. The van der Waals surface area contributed by atoms with Crippen LogP contribution >= 0.6 is 7.51 Å². The zero-order valence-corrected chi connectivity index (χ0v) is 8.08. The van der Waals surface area contributed by atoms with Gasteiger partial charge in [0.25, 0.3) is 0 Å². The van der Waals surface area contributed by atoms with Gasteiger partial charge in [0.1, 0.15) is 0 Å². The molecule has 0 aliphatic carbocycles. The molecular weight excluding hydrogens is 183 g/mol. The van der Waals surface area contributed by atoms with Crippen LogP contribution in [0.25, 0.3) is 0 Å². The van der Waals surface area contributed by atoms with Gasteiger partial charge in [0, 0.05) is 0 Å². The third kappa shape index (κ3) is 1.39. The number of carbonyl (C=O) groups excluding carboxylic acids is 1. The SMILES string of the molecule is CCOP1(C=O)(OC)OCCO1. The van der Waals surface area contributed by atoms with E-state index in [4.69, 9.17) is 18.1 Å². The minimum atomic E-state index is -3.78. The molecule has 0 atom stereocenters. The van der Waals surface area contributed by atoms with E-state index in [0.29, 0.717) is 25.8 Å². The molecule has 1 rings (SSSR count). The summed E-state index contributed by atoms with van der Waals surface area (Å²) in [5.41, 5.74) is 0. The summed E-state index contributed by atoms with van der Waals surface area (Å²) in [7, 11) is -2.42. The molecule has 1 saturated heterocycles. The summed E-state index contributed by atoms with van der Waals surface area (Å²) in [4.78, 5) is 10.8. The molecule has 0 spiro atoms. The van der Waals surface area contributed by atoms with Gasteiger partial charge in [0.05, 0.1) is 0 Å². The van der Waals surface area contributed by atoms with Crippen LogP contribution < -0.4 is 0 Å². The molecule has 0 aromatic heterocycles. The van der Waals surface area contributed by atoms with E-state index in [1.54, 1.807) is 6.92 Å². The molecule has 0 bridgehead atoms. The topological polar surface area (TPSA) is 54.0 Å². The Labute approximate surface area is 71.2 Å². The Morgan fingerprint density at radius 2 is 2.08 bits per heavy atom. The van der Waals surface area contributed by atoms with E-state index < -0.39 is 7.51 Å². The molecule has 0 amide bonds. The fourth-order valence-electron chi connectivity index (χ4n) is 1.04. The average Bonchev–Trinajstić information content (AvgIpc) is 2.53. The van der Waals surface area contributed by atoms with Crippen molar-refractivity contribution in [2.45, 2.75) is 6.92 Å². The van der Waals surface area contributed by atoms with Gasteiger partial charge in [-0.1, -0.05) is 0 Å². The van der Waals surface area contributed by atoms with Crippen molar-refractivity contribution in [3.8, 4) is 0 Å². The van der Waals surface area contributed by atoms with Gasteiger partial charge < -0.3 is 0 Å². The van der Waals surface area contributed by atoms with Crippen LogP contribution in [0.15, 0.2) is 0 Å². The van der Waals surface area contributed by atoms with Crippen LogP contribution in [0.1, 0.15) is 6.92 Å². The second-order valence-corrected chi connectivity index (χ2v) is 5.33. The molecule has 6 heteroatoms. The second-order valence-electron chi connectivity index (χ2n) is 2.24. The maximum absolute atomic E-state index is 10.8. The molecule has 1 fully saturated rings. The minimum absolute atomic E-state index is 0.324.